The van der Waals surface area contributed by atoms with E-state index in [4.69, 9.17) is 15.0 Å². The molecule has 12 rings (SSSR count). The second kappa shape index (κ2) is 14.7. The molecule has 3 aromatic heterocycles. The second-order valence-electron chi connectivity index (χ2n) is 15.7. The minimum absolute atomic E-state index is 0.608. The molecule has 0 atom stereocenters. The van der Waals surface area contributed by atoms with Crippen LogP contribution < -0.4 is 0 Å². The molecule has 5 heteroatoms. The molecule has 0 aliphatic carbocycles. The molecule has 0 spiro atoms. The zero-order valence-electron chi connectivity index (χ0n) is 33.6. The summed E-state index contributed by atoms with van der Waals surface area (Å²) < 4.78 is 4.75. The van der Waals surface area contributed by atoms with Crippen molar-refractivity contribution in [2.75, 3.05) is 0 Å². The molecule has 62 heavy (non-hydrogen) atoms. The summed E-state index contributed by atoms with van der Waals surface area (Å²) in [7, 11) is 0. The largest absolute Gasteiger partial charge is 0.309 e. The van der Waals surface area contributed by atoms with Crippen molar-refractivity contribution in [3.8, 4) is 67.8 Å². The van der Waals surface area contributed by atoms with Crippen molar-refractivity contribution in [1.29, 1.82) is 0 Å². The van der Waals surface area contributed by atoms with Crippen LogP contribution in [0.5, 0.6) is 0 Å². The van der Waals surface area contributed by atoms with Gasteiger partial charge in [-0.3, -0.25) is 0 Å². The van der Waals surface area contributed by atoms with Gasteiger partial charge in [0, 0.05) is 49.6 Å². The van der Waals surface area contributed by atoms with Crippen molar-refractivity contribution in [1.82, 2.24) is 24.1 Å². The van der Waals surface area contributed by atoms with Crippen molar-refractivity contribution >= 4 is 43.6 Å². The first-order chi connectivity index (χ1) is 30.7. The van der Waals surface area contributed by atoms with Crippen LogP contribution in [0.2, 0.25) is 0 Å². The lowest BCUT2D eigenvalue weighted by Crippen LogP contribution is -2.01. The van der Waals surface area contributed by atoms with E-state index in [0.29, 0.717) is 17.5 Å². The molecule has 0 unspecified atom stereocenters. The third-order valence-corrected chi connectivity index (χ3v) is 11.9. The molecular weight excluding hydrogens is 755 g/mol. The zero-order chi connectivity index (χ0) is 41.0. The molecule has 0 saturated carbocycles. The summed E-state index contributed by atoms with van der Waals surface area (Å²) >= 11 is 0. The van der Waals surface area contributed by atoms with Gasteiger partial charge < -0.3 is 9.13 Å². The van der Waals surface area contributed by atoms with Crippen LogP contribution in [0.3, 0.4) is 0 Å². The van der Waals surface area contributed by atoms with Crippen LogP contribution in [0.1, 0.15) is 0 Å². The van der Waals surface area contributed by atoms with E-state index in [1.54, 1.807) is 0 Å². The number of benzene rings is 9. The Bertz CT molecular complexity index is 3510. The number of hydrogen-bond acceptors (Lipinski definition) is 3. The van der Waals surface area contributed by atoms with Gasteiger partial charge in [-0.1, -0.05) is 158 Å². The Morgan fingerprint density at radius 3 is 1.16 bits per heavy atom. The molecular formula is C57H37N5. The van der Waals surface area contributed by atoms with E-state index in [9.17, 15) is 0 Å². The van der Waals surface area contributed by atoms with Crippen LogP contribution in [0.15, 0.2) is 224 Å². The molecule has 12 aromatic rings. The lowest BCUT2D eigenvalue weighted by molar-refractivity contribution is 1.07. The third-order valence-electron chi connectivity index (χ3n) is 11.9. The molecule has 290 valence electrons. The van der Waals surface area contributed by atoms with Crippen LogP contribution in [0, 0.1) is 0 Å². The Labute approximate surface area is 358 Å². The van der Waals surface area contributed by atoms with E-state index >= 15 is 0 Å². The van der Waals surface area contributed by atoms with Crippen molar-refractivity contribution in [3.05, 3.63) is 224 Å². The number of nitrogens with zero attached hydrogens (tertiary/aromatic N) is 5. The number of para-hydroxylation sites is 3. The molecule has 0 bridgehead atoms. The summed E-state index contributed by atoms with van der Waals surface area (Å²) in [6, 6.07) is 79.3. The van der Waals surface area contributed by atoms with Gasteiger partial charge in [-0.2, -0.15) is 0 Å². The van der Waals surface area contributed by atoms with Gasteiger partial charge in [0.2, 0.25) is 0 Å². The van der Waals surface area contributed by atoms with Crippen LogP contribution in [0.4, 0.5) is 0 Å². The fourth-order valence-corrected chi connectivity index (χ4v) is 9.06. The number of rotatable bonds is 7. The lowest BCUT2D eigenvalue weighted by atomic mass is 9.96. The highest BCUT2D eigenvalue weighted by molar-refractivity contribution is 6.12. The monoisotopic (exact) mass is 791 g/mol. The topological polar surface area (TPSA) is 48.5 Å². The minimum atomic E-state index is 0.608. The lowest BCUT2D eigenvalue weighted by Gasteiger charge is -2.13. The van der Waals surface area contributed by atoms with E-state index in [1.165, 1.54) is 32.6 Å². The highest BCUT2D eigenvalue weighted by Gasteiger charge is 2.19. The van der Waals surface area contributed by atoms with Gasteiger partial charge in [-0.25, -0.2) is 15.0 Å². The van der Waals surface area contributed by atoms with E-state index in [0.717, 1.165) is 61.4 Å². The van der Waals surface area contributed by atoms with Gasteiger partial charge >= 0.3 is 0 Å². The first-order valence-corrected chi connectivity index (χ1v) is 20.9. The smallest absolute Gasteiger partial charge is 0.164 e. The summed E-state index contributed by atoms with van der Waals surface area (Å²) in [6.07, 6.45) is 0. The summed E-state index contributed by atoms with van der Waals surface area (Å²) in [6.45, 7) is 0. The predicted molar refractivity (Wildman–Crippen MR) is 256 cm³/mol. The molecule has 0 saturated heterocycles. The van der Waals surface area contributed by atoms with Gasteiger partial charge in [0.15, 0.2) is 17.5 Å². The van der Waals surface area contributed by atoms with Crippen LogP contribution in [0.25, 0.3) is 111 Å². The normalized spacial score (nSPS) is 11.5. The Morgan fingerprint density at radius 2 is 0.613 bits per heavy atom. The van der Waals surface area contributed by atoms with Crippen LogP contribution in [-0.4, -0.2) is 24.1 Å². The Hall–Kier alpha value is -8.41. The first-order valence-electron chi connectivity index (χ1n) is 20.9. The molecule has 0 N–H and O–H groups in total. The van der Waals surface area contributed by atoms with Gasteiger partial charge in [-0.15, -0.1) is 0 Å². The molecule has 0 fully saturated rings. The Morgan fingerprint density at radius 1 is 0.226 bits per heavy atom. The van der Waals surface area contributed by atoms with E-state index < -0.39 is 0 Å². The standard InChI is InChI=1S/C57H37N5/c1-4-17-38(18-5-1)42-33-43(39-19-6-2-7-20-39)35-44(34-42)57-59-55(40-21-8-3-9-22-40)58-56(60-57)41-23-16-24-45(36-41)61-53-30-15-12-27-49(53)50-37-46(31-32-54(50)61)62-51-28-13-10-25-47(51)48-26-11-14-29-52(48)62/h1-37H. The maximum absolute atomic E-state index is 5.27. The molecule has 3 heterocycles. The van der Waals surface area contributed by atoms with Gasteiger partial charge in [0.05, 0.1) is 22.1 Å². The van der Waals surface area contributed by atoms with Gasteiger partial charge in [0.25, 0.3) is 0 Å². The highest BCUT2D eigenvalue weighted by atomic mass is 15.0. The second-order valence-corrected chi connectivity index (χ2v) is 15.7. The quantitative estimate of drug-likeness (QED) is 0.162. The molecule has 5 nitrogen and oxygen atoms in total. The molecule has 0 radical (unpaired) electrons. The fraction of sp³-hybridized carbons (Fsp3) is 0. The molecule has 0 aliphatic rings. The highest BCUT2D eigenvalue weighted by Crippen LogP contribution is 2.38. The summed E-state index contributed by atoms with van der Waals surface area (Å²) in [5.74, 6) is 1.84. The van der Waals surface area contributed by atoms with E-state index in [1.807, 2.05) is 30.3 Å². The molecule has 0 aliphatic heterocycles. The molecule has 0 amide bonds. The number of hydrogen-bond donors (Lipinski definition) is 0. The zero-order valence-corrected chi connectivity index (χ0v) is 33.6. The van der Waals surface area contributed by atoms with Crippen molar-refractivity contribution in [2.24, 2.45) is 0 Å². The fourth-order valence-electron chi connectivity index (χ4n) is 9.06. The summed E-state index contributed by atoms with van der Waals surface area (Å²) in [5.41, 5.74) is 14.0. The maximum Gasteiger partial charge on any atom is 0.164 e. The van der Waals surface area contributed by atoms with Crippen molar-refractivity contribution < 1.29 is 0 Å². The molecule has 9 aromatic carbocycles. The first kappa shape index (κ1) is 35.5. The Kier molecular flexibility index (Phi) is 8.42. The van der Waals surface area contributed by atoms with E-state index in [-0.39, 0.29) is 0 Å². The summed E-state index contributed by atoms with van der Waals surface area (Å²) in [5, 5.41) is 4.88. The number of aromatic nitrogens is 5. The van der Waals surface area contributed by atoms with E-state index in [2.05, 4.69) is 203 Å². The minimum Gasteiger partial charge on any atom is -0.309 e. The van der Waals surface area contributed by atoms with Crippen LogP contribution >= 0.6 is 0 Å². The maximum atomic E-state index is 5.27. The average molecular weight is 792 g/mol. The number of fused-ring (bicyclic) bond motifs is 6. The third kappa shape index (κ3) is 6.06. The average Bonchev–Trinajstić information content (AvgIpc) is 3.87. The summed E-state index contributed by atoms with van der Waals surface area (Å²) in [4.78, 5) is 15.6. The van der Waals surface area contributed by atoms with Crippen LogP contribution in [-0.2, 0) is 0 Å². The van der Waals surface area contributed by atoms with Crippen molar-refractivity contribution in [3.63, 3.8) is 0 Å². The van der Waals surface area contributed by atoms with Crippen molar-refractivity contribution in [2.45, 2.75) is 0 Å². The van der Waals surface area contributed by atoms with Gasteiger partial charge in [0.1, 0.15) is 0 Å². The van der Waals surface area contributed by atoms with Gasteiger partial charge in [-0.05, 0) is 89.0 Å². The predicted octanol–water partition coefficient (Wildman–Crippen LogP) is 14.4. The SMILES string of the molecule is c1ccc(-c2cc(-c3ccccc3)cc(-c3nc(-c4ccccc4)nc(-c4cccc(-n5c6ccccc6c6cc(-n7c8ccccc8c8ccccc87)ccc65)c4)n3)c2)cc1. The Balaban J connectivity index is 1.03.